The van der Waals surface area contributed by atoms with E-state index in [9.17, 15) is 9.90 Å². The van der Waals surface area contributed by atoms with Gasteiger partial charge in [0, 0.05) is 0 Å². The number of rotatable bonds is 3. The molecule has 0 aliphatic heterocycles. The summed E-state index contributed by atoms with van der Waals surface area (Å²) in [5.74, 6) is -0.646. The van der Waals surface area contributed by atoms with Gasteiger partial charge in [-0.3, -0.25) is 0 Å². The third kappa shape index (κ3) is 2.35. The second kappa shape index (κ2) is 3.53. The normalized spacial score (nSPS) is 15.3. The molecule has 1 N–H and O–H groups in total. The first-order valence-corrected chi connectivity index (χ1v) is 3.48. The Morgan fingerprint density at radius 3 is 2.45 bits per heavy atom. The molecule has 0 bridgehead atoms. The molecule has 0 aromatic carbocycles. The van der Waals surface area contributed by atoms with Crippen molar-refractivity contribution in [2.24, 2.45) is 0 Å². The molecule has 0 amide bonds. The average Bonchev–Trinajstić information content (AvgIpc) is 1.88. The van der Waals surface area contributed by atoms with Crippen LogP contribution in [0.4, 0.5) is 0 Å². The first kappa shape index (κ1) is 10.2. The minimum absolute atomic E-state index is 0.266. The summed E-state index contributed by atoms with van der Waals surface area (Å²) in [6.07, 6.45) is 0. The third-order valence-corrected chi connectivity index (χ3v) is 1.50. The number of hydrogen-bond donors (Lipinski definition) is 1. The van der Waals surface area contributed by atoms with Gasteiger partial charge in [-0.05, 0) is 26.3 Å². The molecule has 11 heavy (non-hydrogen) atoms. The zero-order chi connectivity index (χ0) is 9.07. The number of ether oxygens (including phenoxy) is 1. The zero-order valence-electron chi connectivity index (χ0n) is 7.18. The molecule has 0 rings (SSSR count). The molecule has 0 aliphatic carbocycles. The van der Waals surface area contributed by atoms with E-state index in [4.69, 9.17) is 0 Å². The zero-order valence-corrected chi connectivity index (χ0v) is 7.18. The minimum atomic E-state index is -1.55. The summed E-state index contributed by atoms with van der Waals surface area (Å²) in [5.41, 5.74) is -1.16. The number of carbonyl (C=O) groups is 1. The Morgan fingerprint density at radius 1 is 1.73 bits per heavy atom. The van der Waals surface area contributed by atoms with Crippen LogP contribution in [-0.4, -0.2) is 23.3 Å². The second-order valence-electron chi connectivity index (χ2n) is 2.57. The van der Waals surface area contributed by atoms with Crippen LogP contribution < -0.4 is 0 Å². The predicted octanol–water partition coefficient (Wildman–Crippen LogP) is 0.877. The molecule has 1 atom stereocenters. The summed E-state index contributed by atoms with van der Waals surface area (Å²) in [6, 6.07) is 0. The third-order valence-electron chi connectivity index (χ3n) is 1.50. The maximum atomic E-state index is 11.0. The van der Waals surface area contributed by atoms with Crippen molar-refractivity contribution < 1.29 is 14.6 Å². The lowest BCUT2D eigenvalue weighted by molar-refractivity contribution is -0.159. The molecule has 0 aromatic heterocycles. The molecule has 1 unspecified atom stereocenters. The Bertz CT molecular complexity index is 170. The van der Waals surface area contributed by atoms with E-state index in [-0.39, 0.29) is 6.61 Å². The largest absolute Gasteiger partial charge is 0.464 e. The van der Waals surface area contributed by atoms with Crippen LogP contribution in [-0.2, 0) is 9.53 Å². The van der Waals surface area contributed by atoms with Crippen molar-refractivity contribution in [2.45, 2.75) is 26.4 Å². The quantitative estimate of drug-likeness (QED) is 0.490. The molecule has 0 saturated carbocycles. The monoisotopic (exact) mass is 158 g/mol. The van der Waals surface area contributed by atoms with Gasteiger partial charge in [-0.15, -0.1) is 0 Å². The van der Waals surface area contributed by atoms with Gasteiger partial charge < -0.3 is 9.84 Å². The Labute approximate surface area is 66.7 Å². The lowest BCUT2D eigenvalue weighted by Crippen LogP contribution is -2.37. The fourth-order valence-corrected chi connectivity index (χ4v) is 0.446. The highest BCUT2D eigenvalue weighted by Gasteiger charge is 2.32. The van der Waals surface area contributed by atoms with Gasteiger partial charge in [0.15, 0.2) is 5.60 Å². The molecule has 0 aromatic rings. The van der Waals surface area contributed by atoms with Gasteiger partial charge >= 0.3 is 5.97 Å². The maximum absolute atomic E-state index is 11.0. The summed E-state index contributed by atoms with van der Waals surface area (Å²) in [4.78, 5) is 11.0. The topological polar surface area (TPSA) is 46.5 Å². The van der Waals surface area contributed by atoms with E-state index in [0.29, 0.717) is 5.57 Å². The Morgan fingerprint density at radius 2 is 2.18 bits per heavy atom. The molecule has 0 spiro atoms. The summed E-state index contributed by atoms with van der Waals surface area (Å²) >= 11 is 0. The van der Waals surface area contributed by atoms with Crippen LogP contribution in [0.2, 0.25) is 0 Å². The summed E-state index contributed by atoms with van der Waals surface area (Å²) in [6.45, 7) is 8.38. The van der Waals surface area contributed by atoms with Gasteiger partial charge in [0.25, 0.3) is 0 Å². The molecule has 3 nitrogen and oxygen atoms in total. The molecular weight excluding hydrogens is 144 g/mol. The van der Waals surface area contributed by atoms with Gasteiger partial charge in [-0.25, -0.2) is 4.79 Å². The van der Waals surface area contributed by atoms with Gasteiger partial charge in [0.1, 0.15) is 0 Å². The SMILES string of the molecule is C=C(C)C(C)(O)C(=O)OCC. The molecule has 3 heteroatoms. The fourth-order valence-electron chi connectivity index (χ4n) is 0.446. The van der Waals surface area contributed by atoms with E-state index >= 15 is 0 Å². The van der Waals surface area contributed by atoms with Crippen LogP contribution in [0.5, 0.6) is 0 Å². The first-order chi connectivity index (χ1) is 4.92. The second-order valence-corrected chi connectivity index (χ2v) is 2.57. The van der Waals surface area contributed by atoms with Gasteiger partial charge in [-0.2, -0.15) is 0 Å². The fraction of sp³-hybridized carbons (Fsp3) is 0.625. The molecule has 64 valence electrons. The molecule has 0 aliphatic rings. The molecular formula is C8H14O3. The highest BCUT2D eigenvalue weighted by atomic mass is 16.5. The molecule has 0 saturated heterocycles. The van der Waals surface area contributed by atoms with E-state index in [1.54, 1.807) is 13.8 Å². The van der Waals surface area contributed by atoms with Crippen LogP contribution in [0.1, 0.15) is 20.8 Å². The van der Waals surface area contributed by atoms with Crippen molar-refractivity contribution in [1.29, 1.82) is 0 Å². The standard InChI is InChI=1S/C8H14O3/c1-5-11-7(9)8(4,10)6(2)3/h10H,2,5H2,1,3-4H3. The van der Waals surface area contributed by atoms with Gasteiger partial charge in [0.2, 0.25) is 0 Å². The van der Waals surface area contributed by atoms with E-state index in [1.807, 2.05) is 0 Å². The van der Waals surface area contributed by atoms with Crippen molar-refractivity contribution >= 4 is 5.97 Å². The Hall–Kier alpha value is -0.830. The van der Waals surface area contributed by atoms with Crippen molar-refractivity contribution in [2.75, 3.05) is 6.61 Å². The highest BCUT2D eigenvalue weighted by Crippen LogP contribution is 2.15. The van der Waals surface area contributed by atoms with Crippen LogP contribution in [0.15, 0.2) is 12.2 Å². The Kier molecular flexibility index (Phi) is 3.26. The van der Waals surface area contributed by atoms with Crippen LogP contribution in [0.3, 0.4) is 0 Å². The maximum Gasteiger partial charge on any atom is 0.342 e. The predicted molar refractivity (Wildman–Crippen MR) is 42.1 cm³/mol. The average molecular weight is 158 g/mol. The van der Waals surface area contributed by atoms with Crippen LogP contribution >= 0.6 is 0 Å². The summed E-state index contributed by atoms with van der Waals surface area (Å²) in [5, 5.41) is 9.42. The minimum Gasteiger partial charge on any atom is -0.464 e. The van der Waals surface area contributed by atoms with Crippen molar-refractivity contribution in [3.05, 3.63) is 12.2 Å². The van der Waals surface area contributed by atoms with Crippen molar-refractivity contribution in [3.8, 4) is 0 Å². The smallest absolute Gasteiger partial charge is 0.342 e. The molecule has 0 heterocycles. The van der Waals surface area contributed by atoms with E-state index in [2.05, 4.69) is 11.3 Å². The number of esters is 1. The summed E-state index contributed by atoms with van der Waals surface area (Å²) in [7, 11) is 0. The first-order valence-electron chi connectivity index (χ1n) is 3.48. The van der Waals surface area contributed by atoms with Gasteiger partial charge in [0.05, 0.1) is 6.61 Å². The summed E-state index contributed by atoms with van der Waals surface area (Å²) < 4.78 is 4.62. The lowest BCUT2D eigenvalue weighted by Gasteiger charge is -2.20. The van der Waals surface area contributed by atoms with E-state index in [1.165, 1.54) is 6.92 Å². The van der Waals surface area contributed by atoms with Crippen molar-refractivity contribution in [1.82, 2.24) is 0 Å². The lowest BCUT2D eigenvalue weighted by atomic mass is 9.99. The Balaban J connectivity index is 4.30. The van der Waals surface area contributed by atoms with Gasteiger partial charge in [-0.1, -0.05) is 6.58 Å². The number of aliphatic hydroxyl groups is 1. The van der Waals surface area contributed by atoms with E-state index < -0.39 is 11.6 Å². The highest BCUT2D eigenvalue weighted by molar-refractivity contribution is 5.82. The number of carbonyl (C=O) groups excluding carboxylic acids is 1. The molecule has 0 fully saturated rings. The van der Waals surface area contributed by atoms with Crippen molar-refractivity contribution in [3.63, 3.8) is 0 Å². The van der Waals surface area contributed by atoms with Crippen LogP contribution in [0.25, 0.3) is 0 Å². The number of hydrogen-bond acceptors (Lipinski definition) is 3. The van der Waals surface area contributed by atoms with E-state index in [0.717, 1.165) is 0 Å². The molecule has 0 radical (unpaired) electrons. The van der Waals surface area contributed by atoms with Crippen LogP contribution in [0, 0.1) is 0 Å².